The van der Waals surface area contributed by atoms with Crippen molar-refractivity contribution < 1.29 is 24.2 Å². The Morgan fingerprint density at radius 3 is 2.35 bits per heavy atom. The first-order valence-corrected chi connectivity index (χ1v) is 19.1. The van der Waals surface area contributed by atoms with Crippen LogP contribution in [-0.2, 0) is 9.53 Å². The highest BCUT2D eigenvalue weighted by atomic mass is 16.6. The smallest absolute Gasteiger partial charge is 0.410 e. The lowest BCUT2D eigenvalue weighted by molar-refractivity contribution is -0.219. The van der Waals surface area contributed by atoms with Crippen LogP contribution in [0, 0.1) is 51.2 Å². The molecule has 7 heteroatoms. The number of rotatable bonds is 7. The molecule has 1 aromatic carbocycles. The number of fused-ring (bicyclic) bond motifs is 7. The van der Waals surface area contributed by atoms with Crippen molar-refractivity contribution in [3.8, 4) is 0 Å². The molecular weight excluding hydrogens is 612 g/mol. The van der Waals surface area contributed by atoms with E-state index in [-0.39, 0.29) is 45.7 Å². The lowest BCUT2D eigenvalue weighted by atomic mass is 9.33. The van der Waals surface area contributed by atoms with Crippen molar-refractivity contribution in [1.82, 2.24) is 10.2 Å². The van der Waals surface area contributed by atoms with Crippen LogP contribution in [-0.4, -0.2) is 53.2 Å². The Morgan fingerprint density at radius 2 is 1.69 bits per heavy atom. The second-order valence-corrected chi connectivity index (χ2v) is 18.0. The average Bonchev–Trinajstić information content (AvgIpc) is 3.63. The first-order chi connectivity index (χ1) is 23.1. The molecule has 1 heterocycles. The van der Waals surface area contributed by atoms with Gasteiger partial charge in [0.1, 0.15) is 13.2 Å². The summed E-state index contributed by atoms with van der Waals surface area (Å²) in [6.45, 7) is 20.5. The van der Waals surface area contributed by atoms with Crippen molar-refractivity contribution in [2.45, 2.75) is 111 Å². The molecule has 2 amide bonds. The molecule has 266 valence electrons. The Hall–Kier alpha value is -3.09. The van der Waals surface area contributed by atoms with E-state index in [0.29, 0.717) is 48.3 Å². The number of carboxylic acids is 1. The summed E-state index contributed by atoms with van der Waals surface area (Å²) in [5, 5.41) is 13.1. The first kappa shape index (κ1) is 34.4. The third-order valence-corrected chi connectivity index (χ3v) is 16.0. The molecule has 7 nitrogen and oxygen atoms in total. The van der Waals surface area contributed by atoms with Gasteiger partial charge in [-0.1, -0.05) is 71.9 Å². The number of aromatic carboxylic acids is 1. The van der Waals surface area contributed by atoms with Gasteiger partial charge in [0.05, 0.1) is 12.1 Å². The second-order valence-electron chi connectivity index (χ2n) is 18.0. The van der Waals surface area contributed by atoms with Crippen LogP contribution in [0.4, 0.5) is 4.79 Å². The lowest BCUT2D eigenvalue weighted by Gasteiger charge is -2.72. The zero-order chi connectivity index (χ0) is 35.1. The summed E-state index contributed by atoms with van der Waals surface area (Å²) in [7, 11) is 0. The summed E-state index contributed by atoms with van der Waals surface area (Å²) in [5.41, 5.74) is 4.41. The fourth-order valence-corrected chi connectivity index (χ4v) is 13.5. The molecule has 4 saturated carbocycles. The normalized spacial score (nSPS) is 40.6. The molecule has 0 aromatic heterocycles. The van der Waals surface area contributed by atoms with Gasteiger partial charge in [0.25, 0.3) is 0 Å². The zero-order valence-electron chi connectivity index (χ0n) is 30.7. The van der Waals surface area contributed by atoms with Crippen LogP contribution in [0.3, 0.4) is 0 Å². The number of carboxylic acid groups (broad SMARTS) is 1. The van der Waals surface area contributed by atoms with Gasteiger partial charge in [0, 0.05) is 5.54 Å². The molecule has 0 bridgehead atoms. The predicted octanol–water partition coefficient (Wildman–Crippen LogP) is 8.75. The second kappa shape index (κ2) is 11.7. The number of benzene rings is 1. The Morgan fingerprint density at radius 1 is 0.959 bits per heavy atom. The van der Waals surface area contributed by atoms with Crippen molar-refractivity contribution >= 4 is 23.5 Å². The fraction of sp³-hybridized carbons (Fsp3) is 0.690. The molecule has 5 fully saturated rings. The molecular formula is C42H58N2O5. The van der Waals surface area contributed by atoms with Gasteiger partial charge in [-0.15, -0.1) is 0 Å². The maximum atomic E-state index is 13.6. The van der Waals surface area contributed by atoms with Gasteiger partial charge in [0.15, 0.2) is 0 Å². The standard InChI is InChI=1S/C42H58N2O5/c1-8-26(2)29-15-20-42(43-34(45)25-44-23-24-49-37(44)48)22-21-40(6)31(35(29)42)13-14-33-39(5)18-16-30(27-9-11-28(12-10-27)36(46)47)38(3,4)32(39)17-19-41(33,40)7/h9-12,16,29,31-33,35H,2,8,13-15,17-25H2,1,3-7H3,(H,43,45)(H,46,47). The number of ether oxygens (including phenoxy) is 1. The van der Waals surface area contributed by atoms with E-state index < -0.39 is 5.97 Å². The molecule has 5 aliphatic carbocycles. The van der Waals surface area contributed by atoms with Gasteiger partial charge in [0.2, 0.25) is 5.91 Å². The molecule has 9 unspecified atom stereocenters. The Bertz CT molecular complexity index is 1580. The number of allylic oxidation sites excluding steroid dienone is 3. The molecule has 2 N–H and O–H groups in total. The van der Waals surface area contributed by atoms with Crippen molar-refractivity contribution in [3.05, 3.63) is 53.6 Å². The monoisotopic (exact) mass is 670 g/mol. The highest BCUT2D eigenvalue weighted by Crippen LogP contribution is 2.76. The molecule has 0 spiro atoms. The minimum absolute atomic E-state index is 0.0278. The molecule has 49 heavy (non-hydrogen) atoms. The van der Waals surface area contributed by atoms with Gasteiger partial charge >= 0.3 is 12.1 Å². The highest BCUT2D eigenvalue weighted by molar-refractivity contribution is 5.88. The number of carbonyl (C=O) groups is 3. The Labute approximate surface area is 293 Å². The molecule has 7 rings (SSSR count). The summed E-state index contributed by atoms with van der Waals surface area (Å²) in [6, 6.07) is 7.51. The maximum Gasteiger partial charge on any atom is 0.410 e. The number of hydrogen-bond donors (Lipinski definition) is 2. The Kier molecular flexibility index (Phi) is 8.23. The number of hydrogen-bond acceptors (Lipinski definition) is 4. The van der Waals surface area contributed by atoms with Gasteiger partial charge in [-0.3, -0.25) is 9.69 Å². The predicted molar refractivity (Wildman–Crippen MR) is 192 cm³/mol. The molecule has 6 aliphatic rings. The van der Waals surface area contributed by atoms with Crippen molar-refractivity contribution in [1.29, 1.82) is 0 Å². The van der Waals surface area contributed by atoms with Crippen LogP contribution in [0.1, 0.15) is 122 Å². The van der Waals surface area contributed by atoms with Crippen LogP contribution >= 0.6 is 0 Å². The van der Waals surface area contributed by atoms with Gasteiger partial charge in [-0.2, -0.15) is 0 Å². The third kappa shape index (κ3) is 4.98. The molecule has 0 radical (unpaired) electrons. The average molecular weight is 671 g/mol. The summed E-state index contributed by atoms with van der Waals surface area (Å²) < 4.78 is 5.12. The van der Waals surface area contributed by atoms with Gasteiger partial charge in [-0.25, -0.2) is 9.59 Å². The van der Waals surface area contributed by atoms with Crippen LogP contribution in [0.15, 0.2) is 42.5 Å². The van der Waals surface area contributed by atoms with E-state index >= 15 is 0 Å². The topological polar surface area (TPSA) is 95.9 Å². The van der Waals surface area contributed by atoms with E-state index in [1.165, 1.54) is 41.7 Å². The Balaban J connectivity index is 1.20. The van der Waals surface area contributed by atoms with Crippen LogP contribution < -0.4 is 5.32 Å². The molecule has 1 saturated heterocycles. The summed E-state index contributed by atoms with van der Waals surface area (Å²) in [5.74, 6) is 1.48. The van der Waals surface area contributed by atoms with Gasteiger partial charge in [-0.05, 0) is 139 Å². The van der Waals surface area contributed by atoms with E-state index in [0.717, 1.165) is 44.1 Å². The molecule has 1 aliphatic heterocycles. The summed E-state index contributed by atoms with van der Waals surface area (Å²) in [4.78, 5) is 38.9. The number of nitrogens with zero attached hydrogens (tertiary/aromatic N) is 1. The summed E-state index contributed by atoms with van der Waals surface area (Å²) >= 11 is 0. The number of amides is 2. The van der Waals surface area contributed by atoms with E-state index in [1.807, 2.05) is 12.1 Å². The van der Waals surface area contributed by atoms with Crippen molar-refractivity contribution in [2.75, 3.05) is 19.7 Å². The van der Waals surface area contributed by atoms with Crippen LogP contribution in [0.5, 0.6) is 0 Å². The quantitative estimate of drug-likeness (QED) is 0.283. The van der Waals surface area contributed by atoms with Crippen molar-refractivity contribution in [3.63, 3.8) is 0 Å². The van der Waals surface area contributed by atoms with Crippen molar-refractivity contribution in [2.24, 2.45) is 51.2 Å². The fourth-order valence-electron chi connectivity index (χ4n) is 13.5. The minimum atomic E-state index is -0.884. The van der Waals surface area contributed by atoms with E-state index in [9.17, 15) is 19.5 Å². The first-order valence-electron chi connectivity index (χ1n) is 19.1. The van der Waals surface area contributed by atoms with E-state index in [4.69, 9.17) is 4.74 Å². The molecule has 1 aromatic rings. The lowest BCUT2D eigenvalue weighted by Crippen LogP contribution is -2.68. The largest absolute Gasteiger partial charge is 0.478 e. The number of cyclic esters (lactones) is 1. The highest BCUT2D eigenvalue weighted by Gasteiger charge is 2.70. The van der Waals surface area contributed by atoms with E-state index in [2.05, 4.69) is 59.5 Å². The van der Waals surface area contributed by atoms with Crippen LogP contribution in [0.2, 0.25) is 0 Å². The number of nitrogens with one attached hydrogen (secondary N) is 1. The minimum Gasteiger partial charge on any atom is -0.478 e. The summed E-state index contributed by atoms with van der Waals surface area (Å²) in [6.07, 6.45) is 13.1. The zero-order valence-corrected chi connectivity index (χ0v) is 30.7. The van der Waals surface area contributed by atoms with Crippen LogP contribution in [0.25, 0.3) is 5.57 Å². The number of carbonyl (C=O) groups excluding carboxylic acids is 2. The maximum absolute atomic E-state index is 13.6. The third-order valence-electron chi connectivity index (χ3n) is 16.0. The van der Waals surface area contributed by atoms with Gasteiger partial charge < -0.3 is 15.2 Å². The van der Waals surface area contributed by atoms with E-state index in [1.54, 1.807) is 12.1 Å². The SMILES string of the molecule is C=C(CC)C1CCC2(NC(=O)CN3CCOC3=O)CCC3(C)C(CCC4C5(C)CC=C(c6ccc(C(=O)O)cc6)C(C)(C)C5CCC43C)C12. The molecule has 9 atom stereocenters.